The second-order valence-corrected chi connectivity index (χ2v) is 13.3. The van der Waals surface area contributed by atoms with Gasteiger partial charge in [0, 0.05) is 44.0 Å². The normalized spacial score (nSPS) is 23.0. The Morgan fingerprint density at radius 1 is 1.00 bits per heavy atom. The zero-order valence-corrected chi connectivity index (χ0v) is 28.1. The van der Waals surface area contributed by atoms with Gasteiger partial charge in [-0.1, -0.05) is 25.1 Å². The van der Waals surface area contributed by atoms with Crippen LogP contribution >= 0.6 is 0 Å². The van der Waals surface area contributed by atoms with E-state index < -0.39 is 34.7 Å². The van der Waals surface area contributed by atoms with Gasteiger partial charge in [-0.15, -0.1) is 0 Å². The van der Waals surface area contributed by atoms with Crippen LogP contribution in [-0.4, -0.2) is 54.4 Å². The summed E-state index contributed by atoms with van der Waals surface area (Å²) >= 11 is 0. The lowest BCUT2D eigenvalue weighted by Crippen LogP contribution is -2.54. The monoisotopic (exact) mass is 667 g/mol. The van der Waals surface area contributed by atoms with E-state index in [9.17, 15) is 29.1 Å². The number of aromatic nitrogens is 5. The van der Waals surface area contributed by atoms with Crippen molar-refractivity contribution in [1.29, 1.82) is 0 Å². The van der Waals surface area contributed by atoms with Gasteiger partial charge in [0.05, 0.1) is 43.3 Å². The maximum absolute atomic E-state index is 14.2. The molecule has 1 N–H and O–H groups in total. The van der Waals surface area contributed by atoms with Crippen molar-refractivity contribution in [2.24, 2.45) is 18.4 Å². The summed E-state index contributed by atoms with van der Waals surface area (Å²) in [5, 5.41) is 10.3. The Morgan fingerprint density at radius 2 is 1.71 bits per heavy atom. The summed E-state index contributed by atoms with van der Waals surface area (Å²) in [4.78, 5) is 73.4. The van der Waals surface area contributed by atoms with Gasteiger partial charge in [0.25, 0.3) is 5.56 Å². The lowest BCUT2D eigenvalue weighted by Gasteiger charge is -2.52. The zero-order valence-electron chi connectivity index (χ0n) is 28.1. The van der Waals surface area contributed by atoms with Gasteiger partial charge >= 0.3 is 11.4 Å². The first-order valence-corrected chi connectivity index (χ1v) is 16.1. The highest BCUT2D eigenvalue weighted by Crippen LogP contribution is 2.59. The van der Waals surface area contributed by atoms with E-state index in [1.165, 1.54) is 34.2 Å². The minimum Gasteiger partial charge on any atom is -0.508 e. The molecule has 0 bridgehead atoms. The molecule has 3 heterocycles. The van der Waals surface area contributed by atoms with Crippen LogP contribution in [0.4, 0.5) is 0 Å². The van der Waals surface area contributed by atoms with E-state index in [1.54, 1.807) is 45.2 Å². The van der Waals surface area contributed by atoms with E-state index in [1.807, 2.05) is 19.1 Å². The molecule has 7 rings (SSSR count). The minimum atomic E-state index is -1.13. The van der Waals surface area contributed by atoms with Gasteiger partial charge in [-0.3, -0.25) is 14.4 Å². The first kappa shape index (κ1) is 32.1. The quantitative estimate of drug-likeness (QED) is 0.306. The average molecular weight is 668 g/mol. The van der Waals surface area contributed by atoms with Crippen LogP contribution in [-0.2, 0) is 36.1 Å². The molecule has 0 spiro atoms. The predicted octanol–water partition coefficient (Wildman–Crippen LogP) is 2.72. The van der Waals surface area contributed by atoms with Gasteiger partial charge < -0.3 is 19.1 Å². The summed E-state index contributed by atoms with van der Waals surface area (Å²) in [6.45, 7) is 5.21. The fraction of sp³-hybridized carbons (Fsp3) is 0.389. The number of phenolic OH excluding ortho intramolecular Hbond substituents is 1. The molecule has 1 saturated carbocycles. The van der Waals surface area contributed by atoms with E-state index in [4.69, 9.17) is 9.47 Å². The highest BCUT2D eigenvalue weighted by atomic mass is 16.5. The molecular formula is C36H37N5O8. The van der Waals surface area contributed by atoms with Crippen LogP contribution < -0.4 is 26.4 Å². The number of rotatable bonds is 6. The Labute approximate surface area is 280 Å². The number of fused-ring (bicyclic) bond motifs is 5. The molecule has 2 aromatic carbocycles. The topological polar surface area (TPSA) is 157 Å². The van der Waals surface area contributed by atoms with Gasteiger partial charge in [-0.25, -0.2) is 28.5 Å². The molecule has 4 atom stereocenters. The first-order valence-electron chi connectivity index (χ1n) is 16.1. The molecule has 1 fully saturated rings. The van der Waals surface area contributed by atoms with Crippen LogP contribution in [0.2, 0.25) is 0 Å². The van der Waals surface area contributed by atoms with Crippen molar-refractivity contribution in [3.8, 4) is 17.2 Å². The number of Topliss-reactive ketones (excluding diaryl/α,β-unsaturated/α-hetero) is 1. The Balaban J connectivity index is 1.30. The molecule has 0 radical (unpaired) electrons. The van der Waals surface area contributed by atoms with Crippen molar-refractivity contribution < 1.29 is 24.2 Å². The first-order chi connectivity index (χ1) is 23.3. The van der Waals surface area contributed by atoms with Crippen LogP contribution in [0, 0.1) is 18.3 Å². The number of methoxy groups -OCH3 is 2. The lowest BCUT2D eigenvalue weighted by molar-refractivity contribution is -0.139. The number of aryl methyl sites for hydroxylation is 3. The molecule has 13 nitrogen and oxygen atoms in total. The number of ketones is 2. The summed E-state index contributed by atoms with van der Waals surface area (Å²) in [5.41, 5.74) is 1.07. The van der Waals surface area contributed by atoms with Crippen molar-refractivity contribution >= 4 is 22.6 Å². The van der Waals surface area contributed by atoms with Crippen LogP contribution in [0.3, 0.4) is 0 Å². The number of hydrogen-bond donors (Lipinski definition) is 1. The third kappa shape index (κ3) is 4.58. The summed E-state index contributed by atoms with van der Waals surface area (Å²) in [5.74, 6) is -0.674. The molecule has 254 valence electrons. The number of carbonyl (C=O) groups is 2. The highest BCUT2D eigenvalue weighted by Gasteiger charge is 2.59. The minimum absolute atomic E-state index is 0.00817. The maximum Gasteiger partial charge on any atom is 0.347 e. The SMILES string of the molecule is COc1cc2nc(CCn3c(=O)n4n(c3=O)C3CC5C(=O)C=C(C)C(=O)C5(C)C(c5ccc(O)c(C)c5)C3=CC4)c(=O)n(C)c2cc1OC. The van der Waals surface area contributed by atoms with Crippen molar-refractivity contribution in [3.63, 3.8) is 0 Å². The summed E-state index contributed by atoms with van der Waals surface area (Å²) < 4.78 is 16.1. The number of aromatic hydroxyl groups is 1. The van der Waals surface area contributed by atoms with Crippen molar-refractivity contribution in [3.05, 3.63) is 102 Å². The molecule has 1 aliphatic heterocycles. The fourth-order valence-corrected chi connectivity index (χ4v) is 8.22. The number of allylic oxidation sites excluding steroid dienone is 4. The molecule has 4 unspecified atom stereocenters. The molecule has 4 aromatic rings. The van der Waals surface area contributed by atoms with Gasteiger partial charge in [-0.2, -0.15) is 0 Å². The summed E-state index contributed by atoms with van der Waals surface area (Å²) in [6.07, 6.45) is 3.44. The highest BCUT2D eigenvalue weighted by molar-refractivity contribution is 6.13. The Hall–Kier alpha value is -5.46. The lowest BCUT2D eigenvalue weighted by atomic mass is 9.51. The fourth-order valence-electron chi connectivity index (χ4n) is 8.22. The standard InChI is InChI=1S/C36H37N5O8/c1-18-13-20(7-8-27(18)42)31-21-9-12-40-34(46)39(35(47)41(40)25(21)15-22-28(43)14-19(2)32(44)36(22,31)3)11-10-23-33(45)38(4)26-17-30(49-6)29(48-5)16-24(26)37-23/h7-9,13-14,16-17,22,25,31,42H,10-12,15H2,1-6H3. The predicted molar refractivity (Wildman–Crippen MR) is 179 cm³/mol. The van der Waals surface area contributed by atoms with Crippen LogP contribution in [0.5, 0.6) is 17.2 Å². The number of ether oxygens (including phenoxy) is 2. The van der Waals surface area contributed by atoms with Crippen molar-refractivity contribution in [2.45, 2.75) is 58.7 Å². The molecule has 2 aliphatic carbocycles. The molecular weight excluding hydrogens is 630 g/mol. The number of nitrogens with zero attached hydrogens (tertiary/aromatic N) is 5. The second-order valence-electron chi connectivity index (χ2n) is 13.3. The number of phenols is 1. The van der Waals surface area contributed by atoms with Crippen molar-refractivity contribution in [1.82, 2.24) is 23.5 Å². The number of benzene rings is 2. The van der Waals surface area contributed by atoms with Gasteiger partial charge in [-0.05, 0) is 54.7 Å². The Bertz CT molecular complexity index is 2360. The van der Waals surface area contributed by atoms with E-state index in [0.717, 1.165) is 15.7 Å². The third-order valence-corrected chi connectivity index (χ3v) is 10.8. The maximum atomic E-state index is 14.2. The Kier molecular flexibility index (Phi) is 7.41. The second kappa shape index (κ2) is 11.3. The van der Waals surface area contributed by atoms with Gasteiger partial charge in [0.15, 0.2) is 23.1 Å². The van der Waals surface area contributed by atoms with E-state index in [2.05, 4.69) is 4.98 Å². The molecule has 49 heavy (non-hydrogen) atoms. The Morgan fingerprint density at radius 3 is 2.41 bits per heavy atom. The van der Waals surface area contributed by atoms with Crippen LogP contribution in [0.25, 0.3) is 11.0 Å². The summed E-state index contributed by atoms with van der Waals surface area (Å²) in [7, 11) is 4.62. The van der Waals surface area contributed by atoms with Gasteiger partial charge in [0.2, 0.25) is 0 Å². The van der Waals surface area contributed by atoms with E-state index in [-0.39, 0.29) is 54.5 Å². The van der Waals surface area contributed by atoms with Crippen LogP contribution in [0.15, 0.2) is 68.0 Å². The molecule has 0 saturated heterocycles. The van der Waals surface area contributed by atoms with Gasteiger partial charge in [0.1, 0.15) is 11.4 Å². The number of hydrogen-bond acceptors (Lipinski definition) is 9. The average Bonchev–Trinajstić information content (AvgIpc) is 3.33. The summed E-state index contributed by atoms with van der Waals surface area (Å²) in [6, 6.07) is 7.80. The number of carbonyl (C=O) groups excluding carboxylic acids is 2. The largest absolute Gasteiger partial charge is 0.508 e. The molecule has 3 aliphatic rings. The van der Waals surface area contributed by atoms with E-state index >= 15 is 0 Å². The molecule has 13 heteroatoms. The molecule has 2 aromatic heterocycles. The van der Waals surface area contributed by atoms with Crippen molar-refractivity contribution in [2.75, 3.05) is 14.2 Å². The van der Waals surface area contributed by atoms with E-state index in [0.29, 0.717) is 33.7 Å². The molecule has 0 amide bonds. The van der Waals surface area contributed by atoms with Crippen LogP contribution in [0.1, 0.15) is 49.0 Å². The zero-order chi connectivity index (χ0) is 35.1. The smallest absolute Gasteiger partial charge is 0.347 e. The third-order valence-electron chi connectivity index (χ3n) is 10.8.